The zero-order valence-corrected chi connectivity index (χ0v) is 34.6. The van der Waals surface area contributed by atoms with E-state index in [1.54, 1.807) is 12.4 Å². The summed E-state index contributed by atoms with van der Waals surface area (Å²) >= 11 is 0. The molecule has 4 rings (SSSR count). The molecule has 0 fully saturated rings. The maximum atomic E-state index is 13.5. The maximum absolute atomic E-state index is 13.5. The average Bonchev–Trinajstić information content (AvgIpc) is 3.25. The molecule has 5 N–H and O–H groups in total. The Kier molecular flexibility index (Phi) is 22.7. The Bertz CT molecular complexity index is 1620. The first-order valence-electron chi connectivity index (χ1n) is 21.8. The van der Waals surface area contributed by atoms with Gasteiger partial charge in [0.25, 0.3) is 5.91 Å². The molecule has 2 heterocycles. The van der Waals surface area contributed by atoms with Crippen LogP contribution in [0.5, 0.6) is 0 Å². The molecule has 0 aliphatic carbocycles. The predicted molar refractivity (Wildman–Crippen MR) is 235 cm³/mol. The van der Waals surface area contributed by atoms with Crippen molar-refractivity contribution in [1.29, 1.82) is 0 Å². The van der Waals surface area contributed by atoms with Gasteiger partial charge >= 0.3 is 0 Å². The van der Waals surface area contributed by atoms with E-state index in [1.165, 1.54) is 89.9 Å². The topological polar surface area (TPSA) is 120 Å². The van der Waals surface area contributed by atoms with Gasteiger partial charge in [0.2, 0.25) is 5.91 Å². The Balaban J connectivity index is 1.14. The second-order valence-corrected chi connectivity index (χ2v) is 15.2. The molecule has 0 aliphatic heterocycles. The molecule has 0 spiro atoms. The summed E-state index contributed by atoms with van der Waals surface area (Å²) in [5, 5.41) is 16.4. The maximum Gasteiger partial charge on any atom is 0.251 e. The first-order chi connectivity index (χ1) is 28.1. The van der Waals surface area contributed by atoms with E-state index in [0.717, 1.165) is 34.7 Å². The molecule has 2 aromatic carbocycles. The highest BCUT2D eigenvalue weighted by molar-refractivity contribution is 5.97. The van der Waals surface area contributed by atoms with E-state index >= 15 is 0 Å². The Morgan fingerprint density at radius 1 is 0.544 bits per heavy atom. The van der Waals surface area contributed by atoms with Gasteiger partial charge in [0.05, 0.1) is 11.4 Å². The predicted octanol–water partition coefficient (Wildman–Crippen LogP) is 9.64. The fourth-order valence-corrected chi connectivity index (χ4v) is 6.88. The number of rotatable bonds is 31. The molecule has 1 atom stereocenters. The van der Waals surface area contributed by atoms with Crippen molar-refractivity contribution in [3.05, 3.63) is 125 Å². The van der Waals surface area contributed by atoms with E-state index < -0.39 is 6.04 Å². The van der Waals surface area contributed by atoms with Gasteiger partial charge in [-0.3, -0.25) is 19.6 Å². The van der Waals surface area contributed by atoms with Crippen LogP contribution in [0.4, 0.5) is 5.69 Å². The van der Waals surface area contributed by atoms with Gasteiger partial charge in [0, 0.05) is 56.4 Å². The van der Waals surface area contributed by atoms with Crippen molar-refractivity contribution in [3.8, 4) is 0 Å². The lowest BCUT2D eigenvalue weighted by Crippen LogP contribution is -2.46. The van der Waals surface area contributed by atoms with Crippen LogP contribution in [0.25, 0.3) is 0 Å². The number of nitrogens with one attached hydrogen (secondary N) is 5. The molecule has 0 unspecified atom stereocenters. The number of aromatic nitrogens is 2. The second-order valence-electron chi connectivity index (χ2n) is 15.2. The van der Waals surface area contributed by atoms with E-state index in [0.29, 0.717) is 51.1 Å². The lowest BCUT2D eigenvalue weighted by atomic mass is 10.0. The van der Waals surface area contributed by atoms with Crippen molar-refractivity contribution >= 4 is 17.5 Å². The first kappa shape index (κ1) is 45.1. The van der Waals surface area contributed by atoms with E-state index in [-0.39, 0.29) is 11.8 Å². The molecule has 57 heavy (non-hydrogen) atoms. The average molecular weight is 776 g/mol. The molecule has 2 aromatic heterocycles. The van der Waals surface area contributed by atoms with Crippen LogP contribution in [0, 0.1) is 0 Å². The van der Waals surface area contributed by atoms with Crippen LogP contribution in [0.3, 0.4) is 0 Å². The normalized spacial score (nSPS) is 11.6. The number of benzene rings is 2. The zero-order chi connectivity index (χ0) is 40.0. The Hall–Kier alpha value is -4.60. The number of nitrogens with zero attached hydrogens (tertiary/aromatic N) is 2. The van der Waals surface area contributed by atoms with Crippen molar-refractivity contribution in [3.63, 3.8) is 0 Å². The third-order valence-electron chi connectivity index (χ3n) is 10.4. The fourth-order valence-electron chi connectivity index (χ4n) is 6.88. The summed E-state index contributed by atoms with van der Waals surface area (Å²) in [5.41, 5.74) is 5.63. The van der Waals surface area contributed by atoms with Gasteiger partial charge in [0.1, 0.15) is 6.04 Å². The van der Waals surface area contributed by atoms with E-state index in [2.05, 4.69) is 67.7 Å². The Morgan fingerprint density at radius 2 is 1.09 bits per heavy atom. The second kappa shape index (κ2) is 28.7. The number of anilines is 1. The van der Waals surface area contributed by atoms with E-state index in [4.69, 9.17) is 0 Å². The number of amides is 2. The Labute approximate surface area is 343 Å². The third-order valence-corrected chi connectivity index (χ3v) is 10.4. The van der Waals surface area contributed by atoms with Gasteiger partial charge in [-0.05, 0) is 85.5 Å². The highest BCUT2D eigenvalue weighted by Gasteiger charge is 2.21. The minimum atomic E-state index is -0.667. The van der Waals surface area contributed by atoms with Gasteiger partial charge in [0.15, 0.2) is 0 Å². The fraction of sp³-hybridized carbons (Fsp3) is 0.500. The number of hydrogen-bond donors (Lipinski definition) is 5. The largest absolute Gasteiger partial charge is 0.385 e. The summed E-state index contributed by atoms with van der Waals surface area (Å²) in [5.74, 6) is -0.456. The highest BCUT2D eigenvalue weighted by atomic mass is 16.2. The van der Waals surface area contributed by atoms with Crippen LogP contribution >= 0.6 is 0 Å². The minimum absolute atomic E-state index is 0.191. The summed E-state index contributed by atoms with van der Waals surface area (Å²) in [4.78, 5) is 35.6. The van der Waals surface area contributed by atoms with Crippen LogP contribution in [-0.2, 0) is 31.0 Å². The Morgan fingerprint density at radius 3 is 1.67 bits per heavy atom. The number of carbonyl (C=O) groups excluding carboxylic acids is 2. The van der Waals surface area contributed by atoms with Gasteiger partial charge < -0.3 is 26.6 Å². The number of unbranched alkanes of at least 4 members (excludes halogenated alkanes) is 13. The molecule has 308 valence electrons. The molecule has 9 nitrogen and oxygen atoms in total. The minimum Gasteiger partial charge on any atom is -0.385 e. The van der Waals surface area contributed by atoms with Crippen LogP contribution in [0.15, 0.2) is 97.3 Å². The number of pyridine rings is 2. The van der Waals surface area contributed by atoms with Gasteiger partial charge in [-0.25, -0.2) is 0 Å². The summed E-state index contributed by atoms with van der Waals surface area (Å²) < 4.78 is 0. The van der Waals surface area contributed by atoms with Crippen LogP contribution in [0.2, 0.25) is 0 Å². The van der Waals surface area contributed by atoms with Gasteiger partial charge in [-0.2, -0.15) is 0 Å². The summed E-state index contributed by atoms with van der Waals surface area (Å²) in [6, 6.07) is 26.8. The number of hydrogen-bond acceptors (Lipinski definition) is 7. The highest BCUT2D eigenvalue weighted by Crippen LogP contribution is 2.14. The van der Waals surface area contributed by atoms with E-state index in [9.17, 15) is 9.59 Å². The zero-order valence-electron chi connectivity index (χ0n) is 34.6. The quantitative estimate of drug-likeness (QED) is 0.0323. The molecule has 2 amide bonds. The summed E-state index contributed by atoms with van der Waals surface area (Å²) in [6.07, 6.45) is 23.9. The standard InChI is InChI=1S/C48H69N7O2/c1-2-3-4-5-6-7-8-9-10-11-12-13-14-17-33-51-43-30-26-41(27-31-43)37-54-48(57)46(23-20-32-49-38-44-21-15-18-34-52-44)55-47(56)42-28-24-40(25-29-42)36-50-39-45-22-16-19-35-53-45/h15-16,18-19,21-22,24-31,34-35,46,49-51H,2-14,17,20,23,32-33,36-39H2,1H3,(H,54,57)(H,55,56)/t46-/m0/s1. The number of carbonyl (C=O) groups is 2. The van der Waals surface area contributed by atoms with Crippen molar-refractivity contribution < 1.29 is 9.59 Å². The summed E-state index contributed by atoms with van der Waals surface area (Å²) in [7, 11) is 0. The molecule has 0 radical (unpaired) electrons. The van der Waals surface area contributed by atoms with Crippen molar-refractivity contribution in [2.45, 2.75) is 142 Å². The molecule has 0 saturated carbocycles. The van der Waals surface area contributed by atoms with Crippen molar-refractivity contribution in [1.82, 2.24) is 31.2 Å². The van der Waals surface area contributed by atoms with Crippen LogP contribution in [0.1, 0.15) is 143 Å². The van der Waals surface area contributed by atoms with Gasteiger partial charge in [-0.15, -0.1) is 0 Å². The molecular weight excluding hydrogens is 707 g/mol. The van der Waals surface area contributed by atoms with Gasteiger partial charge in [-0.1, -0.05) is 127 Å². The lowest BCUT2D eigenvalue weighted by Gasteiger charge is -2.19. The first-order valence-corrected chi connectivity index (χ1v) is 21.8. The summed E-state index contributed by atoms with van der Waals surface area (Å²) in [6.45, 7) is 6.31. The molecule has 0 bridgehead atoms. The van der Waals surface area contributed by atoms with Crippen molar-refractivity contribution in [2.24, 2.45) is 0 Å². The lowest BCUT2D eigenvalue weighted by molar-refractivity contribution is -0.123. The molecule has 0 aliphatic rings. The van der Waals surface area contributed by atoms with Crippen LogP contribution in [-0.4, -0.2) is 40.9 Å². The van der Waals surface area contributed by atoms with Crippen molar-refractivity contribution in [2.75, 3.05) is 18.4 Å². The molecular formula is C48H69N7O2. The smallest absolute Gasteiger partial charge is 0.251 e. The third kappa shape index (κ3) is 19.9. The van der Waals surface area contributed by atoms with E-state index in [1.807, 2.05) is 60.7 Å². The SMILES string of the molecule is CCCCCCCCCCCCCCCCNc1ccc(CNC(=O)[C@H](CCCNCc2ccccn2)NC(=O)c2ccc(CNCc3ccccn3)cc2)cc1. The molecule has 9 heteroatoms. The molecule has 4 aromatic rings. The molecule has 0 saturated heterocycles. The monoisotopic (exact) mass is 776 g/mol. The van der Waals surface area contributed by atoms with Crippen LogP contribution < -0.4 is 26.6 Å².